The third kappa shape index (κ3) is 3.57. The van der Waals surface area contributed by atoms with Crippen LogP contribution in [0.15, 0.2) is 12.3 Å². The number of hydrogen-bond acceptors (Lipinski definition) is 6. The molecule has 20 heavy (non-hydrogen) atoms. The number of nitrogens with one attached hydrogen (secondary N) is 1. The predicted molar refractivity (Wildman–Crippen MR) is 78.9 cm³/mol. The third-order valence-electron chi connectivity index (χ3n) is 2.84. The van der Waals surface area contributed by atoms with E-state index in [1.165, 1.54) is 0 Å². The summed E-state index contributed by atoms with van der Waals surface area (Å²) in [5, 5.41) is 7.57. The molecule has 2 rings (SSSR count). The Morgan fingerprint density at radius 1 is 1.25 bits per heavy atom. The Morgan fingerprint density at radius 3 is 2.60 bits per heavy atom. The van der Waals surface area contributed by atoms with E-state index < -0.39 is 0 Å². The summed E-state index contributed by atoms with van der Waals surface area (Å²) in [6, 6.07) is 1.93. The Balaban J connectivity index is 2.11. The molecule has 2 heterocycles. The molecule has 0 fully saturated rings. The van der Waals surface area contributed by atoms with E-state index in [2.05, 4.69) is 25.4 Å². The van der Waals surface area contributed by atoms with Gasteiger partial charge in [0.2, 0.25) is 17.2 Å². The second kappa shape index (κ2) is 6.51. The first-order valence-corrected chi connectivity index (χ1v) is 6.89. The minimum atomic E-state index is 0.186. The summed E-state index contributed by atoms with van der Waals surface area (Å²) in [7, 11) is 1.88. The SMILES string of the molecule is CCN(CC)c1nc(Cl)nc(NCc2ccn(C)n2)n1. The van der Waals surface area contributed by atoms with Crippen molar-refractivity contribution < 1.29 is 0 Å². The van der Waals surface area contributed by atoms with Crippen LogP contribution in [0.3, 0.4) is 0 Å². The molecule has 0 spiro atoms. The molecule has 8 heteroatoms. The summed E-state index contributed by atoms with van der Waals surface area (Å²) in [4.78, 5) is 14.6. The van der Waals surface area contributed by atoms with Crippen molar-refractivity contribution in [2.75, 3.05) is 23.3 Å². The quantitative estimate of drug-likeness (QED) is 0.875. The van der Waals surface area contributed by atoms with Gasteiger partial charge in [-0.2, -0.15) is 20.1 Å². The first-order chi connectivity index (χ1) is 9.62. The van der Waals surface area contributed by atoms with Crippen LogP contribution >= 0.6 is 11.6 Å². The smallest absolute Gasteiger partial charge is 0.231 e. The monoisotopic (exact) mass is 295 g/mol. The minimum absolute atomic E-state index is 0.186. The zero-order chi connectivity index (χ0) is 14.5. The van der Waals surface area contributed by atoms with Crippen molar-refractivity contribution in [2.45, 2.75) is 20.4 Å². The zero-order valence-corrected chi connectivity index (χ0v) is 12.6. The lowest BCUT2D eigenvalue weighted by Gasteiger charge is -2.18. The van der Waals surface area contributed by atoms with E-state index in [0.717, 1.165) is 18.8 Å². The van der Waals surface area contributed by atoms with Crippen LogP contribution in [0.4, 0.5) is 11.9 Å². The van der Waals surface area contributed by atoms with E-state index in [0.29, 0.717) is 18.4 Å². The number of aromatic nitrogens is 5. The van der Waals surface area contributed by atoms with Crippen LogP contribution in [0.1, 0.15) is 19.5 Å². The van der Waals surface area contributed by atoms with Crippen molar-refractivity contribution in [3.8, 4) is 0 Å². The fourth-order valence-electron chi connectivity index (χ4n) is 1.79. The molecular formula is C12H18ClN7. The van der Waals surface area contributed by atoms with Crippen LogP contribution < -0.4 is 10.2 Å². The topological polar surface area (TPSA) is 71.8 Å². The van der Waals surface area contributed by atoms with Gasteiger partial charge in [-0.15, -0.1) is 0 Å². The first kappa shape index (κ1) is 14.5. The number of nitrogens with zero attached hydrogens (tertiary/aromatic N) is 6. The van der Waals surface area contributed by atoms with Crippen molar-refractivity contribution in [2.24, 2.45) is 7.05 Å². The Bertz CT molecular complexity index is 565. The van der Waals surface area contributed by atoms with Crippen LogP contribution in [0.5, 0.6) is 0 Å². The lowest BCUT2D eigenvalue weighted by Crippen LogP contribution is -2.25. The van der Waals surface area contributed by atoms with Gasteiger partial charge in [0.25, 0.3) is 0 Å². The van der Waals surface area contributed by atoms with Gasteiger partial charge in [0.1, 0.15) is 0 Å². The number of rotatable bonds is 6. The molecule has 0 saturated carbocycles. The van der Waals surface area contributed by atoms with Crippen LogP contribution in [-0.2, 0) is 13.6 Å². The van der Waals surface area contributed by atoms with Crippen LogP contribution in [0.25, 0.3) is 0 Å². The number of halogens is 1. The van der Waals surface area contributed by atoms with Crippen molar-refractivity contribution in [1.29, 1.82) is 0 Å². The van der Waals surface area contributed by atoms with Gasteiger partial charge in [-0.05, 0) is 31.5 Å². The maximum atomic E-state index is 5.95. The molecule has 0 aliphatic heterocycles. The fraction of sp³-hybridized carbons (Fsp3) is 0.500. The van der Waals surface area contributed by atoms with Gasteiger partial charge < -0.3 is 10.2 Å². The van der Waals surface area contributed by atoms with E-state index in [4.69, 9.17) is 11.6 Å². The van der Waals surface area contributed by atoms with Crippen LogP contribution in [0.2, 0.25) is 5.28 Å². The molecule has 0 bridgehead atoms. The van der Waals surface area contributed by atoms with Gasteiger partial charge in [-0.1, -0.05) is 0 Å². The maximum absolute atomic E-state index is 5.95. The Labute approximate surface area is 123 Å². The molecule has 7 nitrogen and oxygen atoms in total. The molecule has 0 radical (unpaired) electrons. The number of anilines is 2. The van der Waals surface area contributed by atoms with Gasteiger partial charge in [0.15, 0.2) is 0 Å². The fourth-order valence-corrected chi connectivity index (χ4v) is 1.95. The molecular weight excluding hydrogens is 278 g/mol. The molecule has 0 aromatic carbocycles. The molecule has 1 N–H and O–H groups in total. The minimum Gasteiger partial charge on any atom is -0.348 e. The Kier molecular flexibility index (Phi) is 4.73. The van der Waals surface area contributed by atoms with Gasteiger partial charge in [-0.25, -0.2) is 0 Å². The highest BCUT2D eigenvalue weighted by Gasteiger charge is 2.10. The number of hydrogen-bond donors (Lipinski definition) is 1. The normalized spacial score (nSPS) is 10.6. The van der Waals surface area contributed by atoms with E-state index in [9.17, 15) is 0 Å². The van der Waals surface area contributed by atoms with Gasteiger partial charge in [0, 0.05) is 26.3 Å². The molecule has 0 aliphatic carbocycles. The largest absolute Gasteiger partial charge is 0.348 e. The summed E-state index contributed by atoms with van der Waals surface area (Å²) in [5.74, 6) is 1.04. The van der Waals surface area contributed by atoms with Crippen LogP contribution in [-0.4, -0.2) is 37.8 Å². The van der Waals surface area contributed by atoms with Gasteiger partial charge in [-0.3, -0.25) is 4.68 Å². The van der Waals surface area contributed by atoms with E-state index in [-0.39, 0.29) is 5.28 Å². The molecule has 108 valence electrons. The summed E-state index contributed by atoms with van der Waals surface area (Å²) in [5.41, 5.74) is 0.911. The van der Waals surface area contributed by atoms with Gasteiger partial charge >= 0.3 is 0 Å². The number of aryl methyl sites for hydroxylation is 1. The highest BCUT2D eigenvalue weighted by Crippen LogP contribution is 2.14. The van der Waals surface area contributed by atoms with Gasteiger partial charge in [0.05, 0.1) is 12.2 Å². The third-order valence-corrected chi connectivity index (χ3v) is 3.01. The molecule has 0 aliphatic rings. The molecule has 2 aromatic rings. The summed E-state index contributed by atoms with van der Waals surface area (Å²) in [6.07, 6.45) is 1.89. The molecule has 0 saturated heterocycles. The maximum Gasteiger partial charge on any atom is 0.231 e. The molecule has 2 aromatic heterocycles. The van der Waals surface area contributed by atoms with Crippen molar-refractivity contribution in [1.82, 2.24) is 24.7 Å². The molecule has 0 amide bonds. The van der Waals surface area contributed by atoms with E-state index in [1.807, 2.05) is 38.1 Å². The summed E-state index contributed by atoms with van der Waals surface area (Å²) >= 11 is 5.95. The standard InChI is InChI=1S/C12H18ClN7/c1-4-20(5-2)12-16-10(13)15-11(17-12)14-8-9-6-7-19(3)18-9/h6-7H,4-5,8H2,1-3H3,(H,14,15,16,17). The van der Waals surface area contributed by atoms with Crippen molar-refractivity contribution >= 4 is 23.5 Å². The van der Waals surface area contributed by atoms with Crippen LogP contribution in [0, 0.1) is 0 Å². The summed E-state index contributed by atoms with van der Waals surface area (Å²) in [6.45, 7) is 6.26. The van der Waals surface area contributed by atoms with Crippen molar-refractivity contribution in [3.63, 3.8) is 0 Å². The van der Waals surface area contributed by atoms with E-state index >= 15 is 0 Å². The van der Waals surface area contributed by atoms with Crippen molar-refractivity contribution in [3.05, 3.63) is 23.2 Å². The molecule has 0 atom stereocenters. The highest BCUT2D eigenvalue weighted by molar-refractivity contribution is 6.28. The zero-order valence-electron chi connectivity index (χ0n) is 11.8. The molecule has 0 unspecified atom stereocenters. The second-order valence-electron chi connectivity index (χ2n) is 4.23. The predicted octanol–water partition coefficient (Wildman–Crippen LogP) is 1.72. The lowest BCUT2D eigenvalue weighted by atomic mass is 10.4. The summed E-state index contributed by atoms with van der Waals surface area (Å²) < 4.78 is 1.75. The first-order valence-electron chi connectivity index (χ1n) is 6.51. The Hall–Kier alpha value is -1.89. The Morgan fingerprint density at radius 2 is 2.00 bits per heavy atom. The second-order valence-corrected chi connectivity index (χ2v) is 4.57. The average Bonchev–Trinajstić information content (AvgIpc) is 2.83. The van der Waals surface area contributed by atoms with E-state index in [1.54, 1.807) is 4.68 Å². The average molecular weight is 296 g/mol. The highest BCUT2D eigenvalue weighted by atomic mass is 35.5. The lowest BCUT2D eigenvalue weighted by molar-refractivity contribution is 0.745.